The Morgan fingerprint density at radius 2 is 2.00 bits per heavy atom. The SMILES string of the molecule is Cc1cccn2c(C=O)c(-c3ccncc3)cc12. The second-order valence-electron chi connectivity index (χ2n) is 4.24. The van der Waals surface area contributed by atoms with Crippen LogP contribution in [0.2, 0.25) is 0 Å². The zero-order valence-corrected chi connectivity index (χ0v) is 10.00. The normalized spacial score (nSPS) is 10.7. The molecule has 0 unspecified atom stereocenters. The van der Waals surface area contributed by atoms with Gasteiger partial charge in [-0.3, -0.25) is 9.78 Å². The van der Waals surface area contributed by atoms with Gasteiger partial charge in [-0.15, -0.1) is 0 Å². The highest BCUT2D eigenvalue weighted by Gasteiger charge is 2.11. The Kier molecular flexibility index (Phi) is 2.45. The van der Waals surface area contributed by atoms with Gasteiger partial charge in [-0.25, -0.2) is 0 Å². The summed E-state index contributed by atoms with van der Waals surface area (Å²) in [6, 6.07) is 9.87. The van der Waals surface area contributed by atoms with Crippen LogP contribution >= 0.6 is 0 Å². The molecule has 3 aromatic heterocycles. The minimum absolute atomic E-state index is 0.680. The van der Waals surface area contributed by atoms with Crippen LogP contribution in [0.3, 0.4) is 0 Å². The Labute approximate surface area is 105 Å². The van der Waals surface area contributed by atoms with Gasteiger partial charge in [0.05, 0.1) is 5.69 Å². The molecule has 3 heteroatoms. The van der Waals surface area contributed by atoms with E-state index in [4.69, 9.17) is 0 Å². The minimum atomic E-state index is 0.680. The monoisotopic (exact) mass is 236 g/mol. The van der Waals surface area contributed by atoms with Crippen molar-refractivity contribution in [2.45, 2.75) is 6.92 Å². The van der Waals surface area contributed by atoms with Gasteiger partial charge in [0.25, 0.3) is 0 Å². The molecule has 3 rings (SSSR count). The molecule has 0 bridgehead atoms. The van der Waals surface area contributed by atoms with Crippen molar-refractivity contribution in [3.63, 3.8) is 0 Å². The highest BCUT2D eigenvalue weighted by molar-refractivity contribution is 5.90. The quantitative estimate of drug-likeness (QED) is 0.641. The largest absolute Gasteiger partial charge is 0.313 e. The third kappa shape index (κ3) is 1.52. The van der Waals surface area contributed by atoms with Gasteiger partial charge in [0.1, 0.15) is 0 Å². The summed E-state index contributed by atoms with van der Waals surface area (Å²) in [5.41, 5.74) is 4.85. The van der Waals surface area contributed by atoms with Gasteiger partial charge in [-0.2, -0.15) is 0 Å². The van der Waals surface area contributed by atoms with Gasteiger partial charge in [-0.05, 0) is 42.3 Å². The van der Waals surface area contributed by atoms with E-state index in [0.29, 0.717) is 5.69 Å². The summed E-state index contributed by atoms with van der Waals surface area (Å²) in [7, 11) is 0. The van der Waals surface area contributed by atoms with Gasteiger partial charge in [0, 0.05) is 29.7 Å². The number of carbonyl (C=O) groups is 1. The van der Waals surface area contributed by atoms with E-state index in [1.54, 1.807) is 12.4 Å². The van der Waals surface area contributed by atoms with Crippen LogP contribution < -0.4 is 0 Å². The lowest BCUT2D eigenvalue weighted by Gasteiger charge is -2.00. The van der Waals surface area contributed by atoms with Gasteiger partial charge < -0.3 is 4.40 Å². The smallest absolute Gasteiger partial charge is 0.167 e. The number of rotatable bonds is 2. The number of aldehydes is 1. The summed E-state index contributed by atoms with van der Waals surface area (Å²) in [5, 5.41) is 0. The summed E-state index contributed by atoms with van der Waals surface area (Å²) < 4.78 is 1.93. The molecule has 0 spiro atoms. The Hall–Kier alpha value is -2.42. The van der Waals surface area contributed by atoms with Crippen LogP contribution in [0.5, 0.6) is 0 Å². The summed E-state index contributed by atoms with van der Waals surface area (Å²) in [6.45, 7) is 2.04. The van der Waals surface area contributed by atoms with Crippen LogP contribution in [0, 0.1) is 6.92 Å². The van der Waals surface area contributed by atoms with Crippen molar-refractivity contribution < 1.29 is 4.79 Å². The van der Waals surface area contributed by atoms with E-state index in [1.807, 2.05) is 41.8 Å². The van der Waals surface area contributed by atoms with Crippen LogP contribution in [-0.2, 0) is 0 Å². The Morgan fingerprint density at radius 1 is 1.22 bits per heavy atom. The topological polar surface area (TPSA) is 34.4 Å². The van der Waals surface area contributed by atoms with E-state index in [9.17, 15) is 4.79 Å². The highest BCUT2D eigenvalue weighted by Crippen LogP contribution is 2.27. The second-order valence-corrected chi connectivity index (χ2v) is 4.24. The number of carbonyl (C=O) groups excluding carboxylic acids is 1. The molecule has 3 aromatic rings. The van der Waals surface area contributed by atoms with Gasteiger partial charge in [-0.1, -0.05) is 6.07 Å². The molecule has 0 saturated carbocycles. The molecule has 0 atom stereocenters. The first-order chi connectivity index (χ1) is 8.81. The summed E-state index contributed by atoms with van der Waals surface area (Å²) >= 11 is 0. The minimum Gasteiger partial charge on any atom is -0.313 e. The van der Waals surface area contributed by atoms with E-state index in [2.05, 4.69) is 11.1 Å². The molecule has 3 heterocycles. The number of hydrogen-bond donors (Lipinski definition) is 0. The van der Waals surface area contributed by atoms with Crippen molar-refractivity contribution in [2.24, 2.45) is 0 Å². The molecule has 18 heavy (non-hydrogen) atoms. The number of pyridine rings is 2. The molecule has 0 aliphatic heterocycles. The van der Waals surface area contributed by atoms with Crippen LogP contribution in [0.25, 0.3) is 16.6 Å². The zero-order valence-electron chi connectivity index (χ0n) is 10.00. The van der Waals surface area contributed by atoms with Crippen molar-refractivity contribution in [1.82, 2.24) is 9.38 Å². The summed E-state index contributed by atoms with van der Waals surface area (Å²) in [4.78, 5) is 15.4. The molecule has 0 aliphatic rings. The molecule has 0 radical (unpaired) electrons. The van der Waals surface area contributed by atoms with Crippen LogP contribution in [0.15, 0.2) is 48.9 Å². The maximum absolute atomic E-state index is 11.4. The molecule has 0 aromatic carbocycles. The van der Waals surface area contributed by atoms with Crippen molar-refractivity contribution >= 4 is 11.8 Å². The number of aromatic nitrogens is 2. The summed E-state index contributed by atoms with van der Waals surface area (Å²) in [5.74, 6) is 0. The molecule has 0 saturated heterocycles. The summed E-state index contributed by atoms with van der Waals surface area (Å²) in [6.07, 6.45) is 6.29. The third-order valence-corrected chi connectivity index (χ3v) is 3.16. The van der Waals surface area contributed by atoms with E-state index in [1.165, 1.54) is 0 Å². The Morgan fingerprint density at radius 3 is 2.72 bits per heavy atom. The Balaban J connectivity index is 2.37. The standard InChI is InChI=1S/C15H12N2O/c1-11-3-2-8-17-14(11)9-13(15(17)10-18)12-4-6-16-7-5-12/h2-10H,1H3. The first-order valence-electron chi connectivity index (χ1n) is 5.77. The molecule has 0 aliphatic carbocycles. The highest BCUT2D eigenvalue weighted by atomic mass is 16.1. The zero-order chi connectivity index (χ0) is 12.5. The van der Waals surface area contributed by atoms with Crippen molar-refractivity contribution in [3.8, 4) is 11.1 Å². The van der Waals surface area contributed by atoms with Crippen molar-refractivity contribution in [1.29, 1.82) is 0 Å². The third-order valence-electron chi connectivity index (χ3n) is 3.16. The first kappa shape index (κ1) is 10.7. The van der Waals surface area contributed by atoms with Crippen molar-refractivity contribution in [3.05, 3.63) is 60.2 Å². The fourth-order valence-corrected chi connectivity index (χ4v) is 2.25. The fourth-order valence-electron chi connectivity index (χ4n) is 2.25. The average molecular weight is 236 g/mol. The molecule has 3 nitrogen and oxygen atoms in total. The molecule has 0 fully saturated rings. The van der Waals surface area contributed by atoms with Gasteiger partial charge >= 0.3 is 0 Å². The molecular weight excluding hydrogens is 224 g/mol. The van der Waals surface area contributed by atoms with E-state index in [0.717, 1.165) is 28.5 Å². The molecule has 0 amide bonds. The van der Waals surface area contributed by atoms with Crippen molar-refractivity contribution in [2.75, 3.05) is 0 Å². The average Bonchev–Trinajstić information content (AvgIpc) is 2.80. The first-order valence-corrected chi connectivity index (χ1v) is 5.77. The van der Waals surface area contributed by atoms with E-state index >= 15 is 0 Å². The maximum atomic E-state index is 11.4. The predicted molar refractivity (Wildman–Crippen MR) is 70.8 cm³/mol. The lowest BCUT2D eigenvalue weighted by molar-refractivity contribution is 0.111. The Bertz CT molecular complexity index is 714. The number of hydrogen-bond acceptors (Lipinski definition) is 2. The van der Waals surface area contributed by atoms with Gasteiger partial charge in [0.15, 0.2) is 6.29 Å². The molecule has 0 N–H and O–H groups in total. The predicted octanol–water partition coefficient (Wildman–Crippen LogP) is 3.12. The molecular formula is C15H12N2O. The lowest BCUT2D eigenvalue weighted by atomic mass is 10.1. The fraction of sp³-hybridized carbons (Fsp3) is 0.0667. The van der Waals surface area contributed by atoms with Crippen LogP contribution in [-0.4, -0.2) is 15.7 Å². The number of nitrogens with zero attached hydrogens (tertiary/aromatic N) is 2. The van der Waals surface area contributed by atoms with Crippen LogP contribution in [0.1, 0.15) is 16.1 Å². The second kappa shape index (κ2) is 4.11. The van der Waals surface area contributed by atoms with Gasteiger partial charge in [0.2, 0.25) is 0 Å². The van der Waals surface area contributed by atoms with E-state index in [-0.39, 0.29) is 0 Å². The number of fused-ring (bicyclic) bond motifs is 1. The molecule has 88 valence electrons. The number of aryl methyl sites for hydroxylation is 1. The lowest BCUT2D eigenvalue weighted by Crippen LogP contribution is -1.92. The van der Waals surface area contributed by atoms with E-state index < -0.39 is 0 Å². The maximum Gasteiger partial charge on any atom is 0.167 e. The van der Waals surface area contributed by atoms with Crippen LogP contribution in [0.4, 0.5) is 0 Å².